The van der Waals surface area contributed by atoms with Crippen molar-refractivity contribution in [2.24, 2.45) is 5.92 Å². The third kappa shape index (κ3) is 2.22. The topological polar surface area (TPSA) is 42.2 Å². The lowest BCUT2D eigenvalue weighted by atomic mass is 10.1. The summed E-state index contributed by atoms with van der Waals surface area (Å²) in [5.74, 6) is 1.57. The SMILES string of the molecule is ClC1CCC(CNc2nccn3nccc23)C1. The van der Waals surface area contributed by atoms with E-state index in [0.29, 0.717) is 11.3 Å². The number of aromatic nitrogens is 3. The van der Waals surface area contributed by atoms with Crippen molar-refractivity contribution in [3.63, 3.8) is 0 Å². The van der Waals surface area contributed by atoms with Crippen LogP contribution in [0.25, 0.3) is 5.52 Å². The summed E-state index contributed by atoms with van der Waals surface area (Å²) >= 11 is 6.11. The smallest absolute Gasteiger partial charge is 0.152 e. The van der Waals surface area contributed by atoms with Crippen molar-refractivity contribution in [3.8, 4) is 0 Å². The maximum Gasteiger partial charge on any atom is 0.152 e. The molecule has 17 heavy (non-hydrogen) atoms. The Bertz CT molecular complexity index is 510. The fraction of sp³-hybridized carbons (Fsp3) is 0.500. The summed E-state index contributed by atoms with van der Waals surface area (Å²) in [6.07, 6.45) is 8.86. The Kier molecular flexibility index (Phi) is 2.89. The molecule has 5 heteroatoms. The van der Waals surface area contributed by atoms with Gasteiger partial charge in [0.25, 0.3) is 0 Å². The first-order valence-electron chi connectivity index (χ1n) is 5.99. The Morgan fingerprint density at radius 3 is 3.18 bits per heavy atom. The zero-order valence-corrected chi connectivity index (χ0v) is 10.3. The van der Waals surface area contributed by atoms with Gasteiger partial charge in [0.15, 0.2) is 5.82 Å². The van der Waals surface area contributed by atoms with Crippen LogP contribution in [0.4, 0.5) is 5.82 Å². The molecule has 1 N–H and O–H groups in total. The van der Waals surface area contributed by atoms with E-state index in [1.165, 1.54) is 6.42 Å². The highest BCUT2D eigenvalue weighted by Gasteiger charge is 2.22. The van der Waals surface area contributed by atoms with Crippen molar-refractivity contribution in [3.05, 3.63) is 24.7 Å². The molecule has 2 aromatic rings. The molecule has 4 nitrogen and oxygen atoms in total. The van der Waals surface area contributed by atoms with Gasteiger partial charge < -0.3 is 5.32 Å². The van der Waals surface area contributed by atoms with Gasteiger partial charge in [0, 0.05) is 24.3 Å². The Morgan fingerprint density at radius 1 is 1.41 bits per heavy atom. The summed E-state index contributed by atoms with van der Waals surface area (Å²) in [7, 11) is 0. The molecular formula is C12H15ClN4. The number of fused-ring (bicyclic) bond motifs is 1. The van der Waals surface area contributed by atoms with Crippen LogP contribution in [0.1, 0.15) is 19.3 Å². The molecule has 3 rings (SSSR count). The number of halogens is 1. The molecule has 0 amide bonds. The number of nitrogens with one attached hydrogen (secondary N) is 1. The van der Waals surface area contributed by atoms with Gasteiger partial charge in [-0.15, -0.1) is 11.6 Å². The van der Waals surface area contributed by atoms with Crippen molar-refractivity contribution in [2.75, 3.05) is 11.9 Å². The van der Waals surface area contributed by atoms with E-state index in [1.54, 1.807) is 12.4 Å². The molecule has 1 aliphatic rings. The molecule has 0 spiro atoms. The van der Waals surface area contributed by atoms with Crippen LogP contribution in [-0.2, 0) is 0 Å². The van der Waals surface area contributed by atoms with E-state index in [9.17, 15) is 0 Å². The first-order valence-corrected chi connectivity index (χ1v) is 6.43. The van der Waals surface area contributed by atoms with Crippen molar-refractivity contribution >= 4 is 22.9 Å². The zero-order valence-electron chi connectivity index (χ0n) is 9.51. The lowest BCUT2D eigenvalue weighted by Crippen LogP contribution is -2.13. The number of nitrogens with zero attached hydrogens (tertiary/aromatic N) is 3. The molecule has 0 saturated heterocycles. The number of hydrogen-bond acceptors (Lipinski definition) is 3. The van der Waals surface area contributed by atoms with Gasteiger partial charge in [0.05, 0.1) is 6.20 Å². The number of hydrogen-bond donors (Lipinski definition) is 1. The molecule has 0 radical (unpaired) electrons. The molecule has 1 fully saturated rings. The first kappa shape index (κ1) is 10.8. The number of anilines is 1. The maximum absolute atomic E-state index is 6.11. The summed E-state index contributed by atoms with van der Waals surface area (Å²) in [5.41, 5.74) is 1.02. The lowest BCUT2D eigenvalue weighted by Gasteiger charge is -2.11. The normalized spacial score (nSPS) is 24.3. The molecule has 1 saturated carbocycles. The Labute approximate surface area is 105 Å². The maximum atomic E-state index is 6.11. The Morgan fingerprint density at radius 2 is 2.35 bits per heavy atom. The van der Waals surface area contributed by atoms with Gasteiger partial charge in [0.2, 0.25) is 0 Å². The summed E-state index contributed by atoms with van der Waals surface area (Å²) in [6.45, 7) is 0.946. The van der Waals surface area contributed by atoms with Gasteiger partial charge >= 0.3 is 0 Å². The quantitative estimate of drug-likeness (QED) is 0.852. The van der Waals surface area contributed by atoms with E-state index in [4.69, 9.17) is 11.6 Å². The average Bonchev–Trinajstić information content (AvgIpc) is 2.94. The molecule has 0 aliphatic heterocycles. The fourth-order valence-electron chi connectivity index (χ4n) is 2.43. The summed E-state index contributed by atoms with van der Waals surface area (Å²) < 4.78 is 1.83. The molecule has 1 aliphatic carbocycles. The molecular weight excluding hydrogens is 236 g/mol. The Balaban J connectivity index is 1.70. The molecule has 2 aromatic heterocycles. The predicted octanol–water partition coefficient (Wildman–Crippen LogP) is 2.55. The molecule has 0 bridgehead atoms. The monoisotopic (exact) mass is 250 g/mol. The Hall–Kier alpha value is -1.29. The van der Waals surface area contributed by atoms with Crippen molar-refractivity contribution in [1.29, 1.82) is 0 Å². The average molecular weight is 251 g/mol. The van der Waals surface area contributed by atoms with E-state index >= 15 is 0 Å². The van der Waals surface area contributed by atoms with Crippen molar-refractivity contribution in [1.82, 2.24) is 14.6 Å². The van der Waals surface area contributed by atoms with Crippen LogP contribution in [0.15, 0.2) is 24.7 Å². The van der Waals surface area contributed by atoms with Crippen LogP contribution in [0.5, 0.6) is 0 Å². The summed E-state index contributed by atoms with van der Waals surface area (Å²) in [6, 6.07) is 1.97. The molecule has 2 atom stereocenters. The van der Waals surface area contributed by atoms with E-state index in [0.717, 1.165) is 30.7 Å². The highest BCUT2D eigenvalue weighted by atomic mass is 35.5. The third-order valence-electron chi connectivity index (χ3n) is 3.36. The fourth-order valence-corrected chi connectivity index (χ4v) is 2.81. The van der Waals surface area contributed by atoms with E-state index in [-0.39, 0.29) is 0 Å². The minimum absolute atomic E-state index is 0.362. The van der Waals surface area contributed by atoms with E-state index < -0.39 is 0 Å². The van der Waals surface area contributed by atoms with Crippen LogP contribution in [-0.4, -0.2) is 26.5 Å². The standard InChI is InChI=1S/C12H15ClN4/c13-10-2-1-9(7-10)8-15-12-11-3-4-16-17(11)6-5-14-12/h3-6,9-10H,1-2,7-8H2,(H,14,15). The van der Waals surface area contributed by atoms with Crippen molar-refractivity contribution < 1.29 is 0 Å². The second kappa shape index (κ2) is 4.53. The largest absolute Gasteiger partial charge is 0.368 e. The molecule has 2 unspecified atom stereocenters. The second-order valence-electron chi connectivity index (χ2n) is 4.59. The van der Waals surface area contributed by atoms with Crippen LogP contribution in [0, 0.1) is 5.92 Å². The number of rotatable bonds is 3. The van der Waals surface area contributed by atoms with Crippen molar-refractivity contribution in [2.45, 2.75) is 24.6 Å². The minimum atomic E-state index is 0.362. The third-order valence-corrected chi connectivity index (χ3v) is 3.76. The predicted molar refractivity (Wildman–Crippen MR) is 68.5 cm³/mol. The van der Waals surface area contributed by atoms with Gasteiger partial charge in [-0.25, -0.2) is 9.50 Å². The minimum Gasteiger partial charge on any atom is -0.368 e. The van der Waals surface area contributed by atoms with Gasteiger partial charge in [-0.2, -0.15) is 5.10 Å². The summed E-state index contributed by atoms with van der Waals surface area (Å²) in [4.78, 5) is 4.35. The van der Waals surface area contributed by atoms with Gasteiger partial charge in [-0.05, 0) is 31.2 Å². The van der Waals surface area contributed by atoms with Gasteiger partial charge in [0.1, 0.15) is 5.52 Å². The molecule has 90 valence electrons. The summed E-state index contributed by atoms with van der Waals surface area (Å²) in [5, 5.41) is 7.95. The van der Waals surface area contributed by atoms with E-state index in [2.05, 4.69) is 15.4 Å². The highest BCUT2D eigenvalue weighted by molar-refractivity contribution is 6.20. The second-order valence-corrected chi connectivity index (χ2v) is 5.21. The molecule has 2 heterocycles. The van der Waals surface area contributed by atoms with Crippen LogP contribution >= 0.6 is 11.6 Å². The highest BCUT2D eigenvalue weighted by Crippen LogP contribution is 2.29. The van der Waals surface area contributed by atoms with E-state index in [1.807, 2.05) is 16.8 Å². The zero-order chi connectivity index (χ0) is 11.7. The van der Waals surface area contributed by atoms with Crippen LogP contribution in [0.2, 0.25) is 0 Å². The number of alkyl halides is 1. The van der Waals surface area contributed by atoms with Crippen LogP contribution < -0.4 is 5.32 Å². The van der Waals surface area contributed by atoms with Gasteiger partial charge in [-0.1, -0.05) is 0 Å². The molecule has 0 aromatic carbocycles. The lowest BCUT2D eigenvalue weighted by molar-refractivity contribution is 0.579. The van der Waals surface area contributed by atoms with Crippen LogP contribution in [0.3, 0.4) is 0 Å². The first-order chi connectivity index (χ1) is 8.33. The van der Waals surface area contributed by atoms with Gasteiger partial charge in [-0.3, -0.25) is 0 Å².